The molecular formula is C25H25ClN4OS2. The summed E-state index contributed by atoms with van der Waals surface area (Å²) in [7, 11) is 0. The average molecular weight is 497 g/mol. The predicted octanol–water partition coefficient (Wildman–Crippen LogP) is 6.70. The second-order valence-electron chi connectivity index (χ2n) is 8.80. The standard InChI is InChI=1S/C25H25ClN4OS2/c1-14(2)11-19-17-5-3-4-6-18(17)21-22-23(33-24(21)30-19)25(28-13-27-22)32-12-20(31)29-16-9-7-15(26)8-10-16/h7-10,13-14H,3-6,11-12H2,1-2H3,(H,29,31). The number of aromatic nitrogens is 3. The summed E-state index contributed by atoms with van der Waals surface area (Å²) in [4.78, 5) is 27.8. The van der Waals surface area contributed by atoms with Crippen molar-refractivity contribution in [1.82, 2.24) is 15.0 Å². The Hall–Kier alpha value is -2.22. The molecule has 5 nitrogen and oxygen atoms in total. The SMILES string of the molecule is CC(C)Cc1nc2sc3c(SCC(=O)Nc4ccc(Cl)cc4)ncnc3c2c2c1CCCC2. The molecular weight excluding hydrogens is 472 g/mol. The molecule has 0 saturated heterocycles. The highest BCUT2D eigenvalue weighted by molar-refractivity contribution is 8.00. The fourth-order valence-electron chi connectivity index (χ4n) is 4.44. The van der Waals surface area contributed by atoms with Crippen LogP contribution in [0.25, 0.3) is 20.4 Å². The van der Waals surface area contributed by atoms with Crippen LogP contribution in [0.5, 0.6) is 0 Å². The number of fused-ring (bicyclic) bond motifs is 5. The van der Waals surface area contributed by atoms with Crippen molar-refractivity contribution >= 4 is 66.7 Å². The van der Waals surface area contributed by atoms with Crippen molar-refractivity contribution < 1.29 is 4.79 Å². The van der Waals surface area contributed by atoms with Gasteiger partial charge in [0.1, 0.15) is 16.2 Å². The van der Waals surface area contributed by atoms with E-state index in [0.717, 1.165) is 45.0 Å². The van der Waals surface area contributed by atoms with Crippen LogP contribution < -0.4 is 5.32 Å². The van der Waals surface area contributed by atoms with E-state index in [1.807, 2.05) is 0 Å². The van der Waals surface area contributed by atoms with Crippen LogP contribution in [0, 0.1) is 5.92 Å². The summed E-state index contributed by atoms with van der Waals surface area (Å²) in [6.07, 6.45) is 7.25. The third kappa shape index (κ3) is 4.72. The minimum Gasteiger partial charge on any atom is -0.325 e. The van der Waals surface area contributed by atoms with E-state index in [1.165, 1.54) is 46.8 Å². The summed E-state index contributed by atoms with van der Waals surface area (Å²) in [5.41, 5.74) is 5.84. The van der Waals surface area contributed by atoms with E-state index in [0.29, 0.717) is 10.9 Å². The summed E-state index contributed by atoms with van der Waals surface area (Å²) < 4.78 is 1.03. The molecule has 1 N–H and O–H groups in total. The molecule has 0 fully saturated rings. The zero-order chi connectivity index (χ0) is 22.9. The first-order valence-electron chi connectivity index (χ1n) is 11.3. The normalized spacial score (nSPS) is 13.6. The van der Waals surface area contributed by atoms with Crippen LogP contribution in [0.1, 0.15) is 43.5 Å². The van der Waals surface area contributed by atoms with Crippen LogP contribution in [0.15, 0.2) is 35.6 Å². The van der Waals surface area contributed by atoms with E-state index in [2.05, 4.69) is 29.1 Å². The third-order valence-corrected chi connectivity index (χ3v) is 8.29. The van der Waals surface area contributed by atoms with E-state index < -0.39 is 0 Å². The van der Waals surface area contributed by atoms with Gasteiger partial charge in [-0.05, 0) is 73.4 Å². The van der Waals surface area contributed by atoms with E-state index >= 15 is 0 Å². The molecule has 5 rings (SSSR count). The maximum atomic E-state index is 12.5. The number of nitrogens with one attached hydrogen (secondary N) is 1. The lowest BCUT2D eigenvalue weighted by molar-refractivity contribution is -0.113. The maximum absolute atomic E-state index is 12.5. The fraction of sp³-hybridized carbons (Fsp3) is 0.360. The zero-order valence-corrected chi connectivity index (χ0v) is 21.0. The number of pyridine rings is 1. The van der Waals surface area contributed by atoms with Crippen LogP contribution in [0.3, 0.4) is 0 Å². The molecule has 0 bridgehead atoms. The van der Waals surface area contributed by atoms with E-state index in [4.69, 9.17) is 16.6 Å². The van der Waals surface area contributed by atoms with Crippen LogP contribution in [-0.4, -0.2) is 26.6 Å². The number of anilines is 1. The number of benzene rings is 1. The van der Waals surface area contributed by atoms with Gasteiger partial charge in [-0.2, -0.15) is 0 Å². The van der Waals surface area contributed by atoms with Crippen molar-refractivity contribution in [3.63, 3.8) is 0 Å². The molecule has 1 aliphatic carbocycles. The van der Waals surface area contributed by atoms with Gasteiger partial charge in [0.2, 0.25) is 5.91 Å². The van der Waals surface area contributed by atoms with Crippen molar-refractivity contribution in [1.29, 1.82) is 0 Å². The third-order valence-electron chi connectivity index (χ3n) is 5.84. The fourth-order valence-corrected chi connectivity index (χ4v) is 6.62. The van der Waals surface area contributed by atoms with Crippen LogP contribution in [0.2, 0.25) is 5.02 Å². The molecule has 8 heteroatoms. The van der Waals surface area contributed by atoms with Crippen molar-refractivity contribution in [2.45, 2.75) is 51.0 Å². The lowest BCUT2D eigenvalue weighted by Gasteiger charge is -2.20. The number of carbonyl (C=O) groups is 1. The molecule has 33 heavy (non-hydrogen) atoms. The second-order valence-corrected chi connectivity index (χ2v) is 11.2. The quantitative estimate of drug-likeness (QED) is 0.237. The predicted molar refractivity (Wildman–Crippen MR) is 139 cm³/mol. The van der Waals surface area contributed by atoms with Crippen molar-refractivity contribution in [2.75, 3.05) is 11.1 Å². The van der Waals surface area contributed by atoms with Gasteiger partial charge in [-0.15, -0.1) is 11.3 Å². The number of carbonyl (C=O) groups excluding carboxylic acids is 1. The molecule has 4 aromatic rings. The van der Waals surface area contributed by atoms with Gasteiger partial charge < -0.3 is 5.32 Å². The molecule has 3 aromatic heterocycles. The van der Waals surface area contributed by atoms with Gasteiger partial charge in [0, 0.05) is 21.8 Å². The molecule has 1 aromatic carbocycles. The summed E-state index contributed by atoms with van der Waals surface area (Å²) in [5, 5.41) is 5.59. The number of halogens is 1. The Morgan fingerprint density at radius 2 is 1.91 bits per heavy atom. The summed E-state index contributed by atoms with van der Waals surface area (Å²) in [6.45, 7) is 4.50. The van der Waals surface area contributed by atoms with E-state index in [-0.39, 0.29) is 11.7 Å². The van der Waals surface area contributed by atoms with Gasteiger partial charge in [0.05, 0.1) is 16.0 Å². The monoisotopic (exact) mass is 496 g/mol. The molecule has 0 radical (unpaired) electrons. The average Bonchev–Trinajstić information content (AvgIpc) is 3.18. The van der Waals surface area contributed by atoms with Gasteiger partial charge in [-0.3, -0.25) is 4.79 Å². The number of thiophene rings is 1. The number of rotatable bonds is 6. The highest BCUT2D eigenvalue weighted by Crippen LogP contribution is 2.41. The molecule has 170 valence electrons. The van der Waals surface area contributed by atoms with Crippen LogP contribution in [0.4, 0.5) is 5.69 Å². The Morgan fingerprint density at radius 1 is 1.15 bits per heavy atom. The summed E-state index contributed by atoms with van der Waals surface area (Å²) in [6, 6.07) is 7.11. The maximum Gasteiger partial charge on any atom is 0.234 e. The zero-order valence-electron chi connectivity index (χ0n) is 18.7. The Balaban J connectivity index is 1.46. The van der Waals surface area contributed by atoms with Crippen molar-refractivity contribution in [3.8, 4) is 0 Å². The molecule has 1 aliphatic rings. The Kier molecular flexibility index (Phi) is 6.54. The number of nitrogens with zero attached hydrogens (tertiary/aromatic N) is 3. The number of hydrogen-bond donors (Lipinski definition) is 1. The van der Waals surface area contributed by atoms with Gasteiger partial charge in [0.15, 0.2) is 0 Å². The lowest BCUT2D eigenvalue weighted by atomic mass is 9.87. The first kappa shape index (κ1) is 22.6. The molecule has 1 amide bonds. The first-order chi connectivity index (χ1) is 16.0. The first-order valence-corrected chi connectivity index (χ1v) is 13.4. The summed E-state index contributed by atoms with van der Waals surface area (Å²) >= 11 is 9.02. The second kappa shape index (κ2) is 9.57. The number of aryl methyl sites for hydroxylation is 1. The topological polar surface area (TPSA) is 67.8 Å². The molecule has 0 spiro atoms. The van der Waals surface area contributed by atoms with Crippen molar-refractivity contribution in [3.05, 3.63) is 52.4 Å². The van der Waals surface area contributed by atoms with Gasteiger partial charge in [0.25, 0.3) is 0 Å². The minimum absolute atomic E-state index is 0.0788. The molecule has 0 saturated carbocycles. The number of amides is 1. The molecule has 3 heterocycles. The highest BCUT2D eigenvalue weighted by atomic mass is 35.5. The Bertz CT molecular complexity index is 1330. The molecule has 0 unspecified atom stereocenters. The minimum atomic E-state index is -0.0788. The van der Waals surface area contributed by atoms with Gasteiger partial charge in [-0.1, -0.05) is 37.2 Å². The van der Waals surface area contributed by atoms with Crippen molar-refractivity contribution in [2.24, 2.45) is 5.92 Å². The Labute approximate surface area is 206 Å². The number of thioether (sulfide) groups is 1. The Morgan fingerprint density at radius 3 is 2.67 bits per heavy atom. The van der Waals surface area contributed by atoms with E-state index in [9.17, 15) is 4.79 Å². The highest BCUT2D eigenvalue weighted by Gasteiger charge is 2.23. The van der Waals surface area contributed by atoms with Crippen LogP contribution in [-0.2, 0) is 24.1 Å². The lowest BCUT2D eigenvalue weighted by Crippen LogP contribution is -2.14. The largest absolute Gasteiger partial charge is 0.325 e. The molecule has 0 aliphatic heterocycles. The number of hydrogen-bond acceptors (Lipinski definition) is 6. The molecule has 0 atom stereocenters. The van der Waals surface area contributed by atoms with Gasteiger partial charge in [-0.25, -0.2) is 15.0 Å². The summed E-state index contributed by atoms with van der Waals surface area (Å²) in [5.74, 6) is 0.762. The smallest absolute Gasteiger partial charge is 0.234 e. The van der Waals surface area contributed by atoms with Crippen LogP contribution >= 0.6 is 34.7 Å². The van der Waals surface area contributed by atoms with Gasteiger partial charge >= 0.3 is 0 Å². The van der Waals surface area contributed by atoms with E-state index in [1.54, 1.807) is 41.9 Å².